The van der Waals surface area contributed by atoms with Crippen LogP contribution in [0.4, 0.5) is 0 Å². The smallest absolute Gasteiger partial charge is 0.149 e. The number of carbonyl (C=O) groups is 1. The molecule has 1 rings (SSSR count). The number of hydrogen-bond acceptors (Lipinski definition) is 3. The number of hydrogen-bond donors (Lipinski definition) is 0. The molecule has 2 unspecified atom stereocenters. The highest BCUT2D eigenvalue weighted by Gasteiger charge is 2.31. The van der Waals surface area contributed by atoms with Crippen LogP contribution in [-0.4, -0.2) is 18.5 Å². The predicted octanol–water partition coefficient (Wildman–Crippen LogP) is 0.504. The second-order valence-corrected chi connectivity index (χ2v) is 2.42. The minimum atomic E-state index is -0.534. The van der Waals surface area contributed by atoms with Gasteiger partial charge in [0.25, 0.3) is 0 Å². The van der Waals surface area contributed by atoms with Crippen molar-refractivity contribution in [1.29, 1.82) is 5.26 Å². The number of nitriles is 1. The van der Waals surface area contributed by atoms with Crippen molar-refractivity contribution in [2.24, 2.45) is 5.92 Å². The van der Waals surface area contributed by atoms with Crippen LogP contribution in [0.2, 0.25) is 0 Å². The van der Waals surface area contributed by atoms with Crippen LogP contribution in [0.15, 0.2) is 0 Å². The normalized spacial score (nSPS) is 26.2. The summed E-state index contributed by atoms with van der Waals surface area (Å²) in [7, 11) is 0. The third-order valence-corrected chi connectivity index (χ3v) is 1.68. The van der Waals surface area contributed by atoms with Crippen molar-refractivity contribution < 1.29 is 9.53 Å². The van der Waals surface area contributed by atoms with Crippen molar-refractivity contribution in [3.05, 3.63) is 0 Å². The second kappa shape index (κ2) is 2.80. The van der Waals surface area contributed by atoms with Crippen LogP contribution in [0, 0.1) is 17.2 Å². The zero-order valence-corrected chi connectivity index (χ0v) is 5.83. The van der Waals surface area contributed by atoms with Crippen molar-refractivity contribution in [1.82, 2.24) is 0 Å². The van der Waals surface area contributed by atoms with Gasteiger partial charge in [0, 0.05) is 6.61 Å². The molecule has 0 bridgehead atoms. The topological polar surface area (TPSA) is 50.1 Å². The second-order valence-electron chi connectivity index (χ2n) is 2.42. The third kappa shape index (κ3) is 1.17. The average Bonchev–Trinajstić information content (AvgIpc) is 1.76. The lowest BCUT2D eigenvalue weighted by molar-refractivity contribution is -0.130. The molecule has 0 spiro atoms. The minimum Gasteiger partial charge on any atom is -0.376 e. The van der Waals surface area contributed by atoms with E-state index in [-0.39, 0.29) is 11.9 Å². The van der Waals surface area contributed by atoms with E-state index in [1.54, 1.807) is 0 Å². The largest absolute Gasteiger partial charge is 0.376 e. The van der Waals surface area contributed by atoms with Crippen LogP contribution in [0.3, 0.4) is 0 Å². The van der Waals surface area contributed by atoms with E-state index in [0.29, 0.717) is 6.61 Å². The summed E-state index contributed by atoms with van der Waals surface area (Å²) in [6, 6.07) is 1.93. The molecule has 54 valence electrons. The molecule has 1 aliphatic heterocycles. The molecule has 1 heterocycles. The Morgan fingerprint density at radius 3 is 2.60 bits per heavy atom. The lowest BCUT2D eigenvalue weighted by Crippen LogP contribution is -2.37. The van der Waals surface area contributed by atoms with Gasteiger partial charge in [-0.1, -0.05) is 0 Å². The lowest BCUT2D eigenvalue weighted by Gasteiger charge is -2.28. The summed E-state index contributed by atoms with van der Waals surface area (Å²) in [5.41, 5.74) is 0. The molecule has 1 saturated heterocycles. The molecule has 3 nitrogen and oxygen atoms in total. The fraction of sp³-hybridized carbons (Fsp3) is 0.714. The highest BCUT2D eigenvalue weighted by molar-refractivity contribution is 5.81. The van der Waals surface area contributed by atoms with E-state index >= 15 is 0 Å². The molecule has 0 saturated carbocycles. The number of ketones is 1. The van der Waals surface area contributed by atoms with E-state index < -0.39 is 5.92 Å². The maximum absolute atomic E-state index is 10.7. The molecule has 0 aromatic carbocycles. The molecule has 0 aliphatic carbocycles. The molecule has 0 radical (unpaired) electrons. The number of Topliss-reactive ketones (excluding diaryl/α,β-unsaturated/α-hetero) is 1. The standard InChI is InChI=1S/C7H9NO2/c1-5(9)6(4-8)7-2-3-10-7/h6-7H,2-3H2,1H3. The van der Waals surface area contributed by atoms with Crippen molar-refractivity contribution in [3.63, 3.8) is 0 Å². The summed E-state index contributed by atoms with van der Waals surface area (Å²) in [6.45, 7) is 2.12. The molecule has 0 N–H and O–H groups in total. The van der Waals surface area contributed by atoms with Crippen LogP contribution in [0.5, 0.6) is 0 Å². The molecular weight excluding hydrogens is 130 g/mol. The fourth-order valence-electron chi connectivity index (χ4n) is 0.953. The first-order valence-corrected chi connectivity index (χ1v) is 3.27. The first-order chi connectivity index (χ1) is 4.75. The van der Waals surface area contributed by atoms with E-state index in [2.05, 4.69) is 0 Å². The maximum Gasteiger partial charge on any atom is 0.149 e. The van der Waals surface area contributed by atoms with E-state index in [1.807, 2.05) is 6.07 Å². The van der Waals surface area contributed by atoms with Gasteiger partial charge in [0.05, 0.1) is 12.2 Å². The van der Waals surface area contributed by atoms with Gasteiger partial charge >= 0.3 is 0 Å². The van der Waals surface area contributed by atoms with E-state index in [9.17, 15) is 4.79 Å². The Balaban J connectivity index is 2.49. The number of nitrogens with zero attached hydrogens (tertiary/aromatic N) is 1. The van der Waals surface area contributed by atoms with Crippen molar-refractivity contribution >= 4 is 5.78 Å². The molecule has 3 heteroatoms. The maximum atomic E-state index is 10.7. The van der Waals surface area contributed by atoms with E-state index in [1.165, 1.54) is 6.92 Å². The molecule has 2 atom stereocenters. The Morgan fingerprint density at radius 2 is 2.50 bits per heavy atom. The summed E-state index contributed by atoms with van der Waals surface area (Å²) >= 11 is 0. The highest BCUT2D eigenvalue weighted by atomic mass is 16.5. The van der Waals surface area contributed by atoms with Crippen LogP contribution >= 0.6 is 0 Å². The van der Waals surface area contributed by atoms with Crippen molar-refractivity contribution in [3.8, 4) is 6.07 Å². The SMILES string of the molecule is CC(=O)C(C#N)C1CCO1. The fourth-order valence-corrected chi connectivity index (χ4v) is 0.953. The predicted molar refractivity (Wildman–Crippen MR) is 34.1 cm³/mol. The Morgan fingerprint density at radius 1 is 1.90 bits per heavy atom. The van der Waals surface area contributed by atoms with Gasteiger partial charge in [-0.25, -0.2) is 0 Å². The van der Waals surface area contributed by atoms with Gasteiger partial charge in [-0.2, -0.15) is 5.26 Å². The van der Waals surface area contributed by atoms with E-state index in [4.69, 9.17) is 10.00 Å². The molecule has 1 aliphatic rings. The first kappa shape index (κ1) is 7.23. The monoisotopic (exact) mass is 139 g/mol. The zero-order valence-electron chi connectivity index (χ0n) is 5.83. The Kier molecular flexibility index (Phi) is 2.03. The van der Waals surface area contributed by atoms with Crippen LogP contribution in [0.25, 0.3) is 0 Å². The number of rotatable bonds is 2. The Bertz CT molecular complexity index is 179. The lowest BCUT2D eigenvalue weighted by atomic mass is 9.95. The van der Waals surface area contributed by atoms with Gasteiger partial charge in [-0.3, -0.25) is 4.79 Å². The van der Waals surface area contributed by atoms with Crippen molar-refractivity contribution in [2.45, 2.75) is 19.4 Å². The minimum absolute atomic E-state index is 0.0906. The Labute approximate surface area is 59.6 Å². The highest BCUT2D eigenvalue weighted by Crippen LogP contribution is 2.20. The molecular formula is C7H9NO2. The molecule has 1 fully saturated rings. The van der Waals surface area contributed by atoms with Gasteiger partial charge in [0.1, 0.15) is 11.7 Å². The summed E-state index contributed by atoms with van der Waals surface area (Å²) in [4.78, 5) is 10.7. The summed E-state index contributed by atoms with van der Waals surface area (Å²) in [5, 5.41) is 8.48. The summed E-state index contributed by atoms with van der Waals surface area (Å²) in [5.74, 6) is -0.624. The van der Waals surface area contributed by atoms with Crippen LogP contribution in [0.1, 0.15) is 13.3 Å². The van der Waals surface area contributed by atoms with Gasteiger partial charge in [0.15, 0.2) is 0 Å². The average molecular weight is 139 g/mol. The third-order valence-electron chi connectivity index (χ3n) is 1.68. The van der Waals surface area contributed by atoms with Crippen LogP contribution < -0.4 is 0 Å². The van der Waals surface area contributed by atoms with Gasteiger partial charge in [-0.15, -0.1) is 0 Å². The molecule has 0 aromatic heterocycles. The number of ether oxygens (including phenoxy) is 1. The summed E-state index contributed by atoms with van der Waals surface area (Å²) in [6.07, 6.45) is 0.722. The number of carbonyl (C=O) groups excluding carboxylic acids is 1. The quantitative estimate of drug-likeness (QED) is 0.559. The van der Waals surface area contributed by atoms with Crippen molar-refractivity contribution in [2.75, 3.05) is 6.61 Å². The van der Waals surface area contributed by atoms with Gasteiger partial charge < -0.3 is 4.74 Å². The summed E-state index contributed by atoms with van der Waals surface area (Å²) < 4.78 is 5.00. The molecule has 0 amide bonds. The van der Waals surface area contributed by atoms with E-state index in [0.717, 1.165) is 6.42 Å². The Hall–Kier alpha value is -0.880. The van der Waals surface area contributed by atoms with Gasteiger partial charge in [-0.05, 0) is 13.3 Å². The van der Waals surface area contributed by atoms with Gasteiger partial charge in [0.2, 0.25) is 0 Å². The van der Waals surface area contributed by atoms with Crippen LogP contribution in [-0.2, 0) is 9.53 Å². The molecule has 0 aromatic rings. The zero-order chi connectivity index (χ0) is 7.56. The molecule has 10 heavy (non-hydrogen) atoms. The first-order valence-electron chi connectivity index (χ1n) is 3.27.